The molecule has 0 aliphatic carbocycles. The van der Waals surface area contributed by atoms with Gasteiger partial charge in [0.05, 0.1) is 24.5 Å². The van der Waals surface area contributed by atoms with Gasteiger partial charge in [-0.1, -0.05) is 55.3 Å². The fourth-order valence-corrected chi connectivity index (χ4v) is 2.78. The van der Waals surface area contributed by atoms with E-state index >= 15 is 0 Å². The quantitative estimate of drug-likeness (QED) is 0.446. The minimum Gasteiger partial charge on any atom is -0.493 e. The van der Waals surface area contributed by atoms with E-state index in [2.05, 4.69) is 42.0 Å². The van der Waals surface area contributed by atoms with Crippen LogP contribution in [-0.2, 0) is 0 Å². The van der Waals surface area contributed by atoms with E-state index in [-0.39, 0.29) is 5.91 Å². The number of benzene rings is 2. The third-order valence-electron chi connectivity index (χ3n) is 4.03. The fourth-order valence-electron chi connectivity index (χ4n) is 2.42. The number of unbranched alkanes of at least 4 members (excludes halogenated alkanes) is 1. The number of ether oxygens (including phenoxy) is 2. The zero-order valence-corrected chi connectivity index (χ0v) is 17.8. The highest BCUT2D eigenvalue weighted by atomic mass is 79.9. The predicted molar refractivity (Wildman–Crippen MR) is 114 cm³/mol. The Morgan fingerprint density at radius 3 is 2.56 bits per heavy atom. The van der Waals surface area contributed by atoms with Crippen LogP contribution in [0.25, 0.3) is 0 Å². The average Bonchev–Trinajstić information content (AvgIpc) is 2.64. The monoisotopic (exact) mass is 433 g/mol. The summed E-state index contributed by atoms with van der Waals surface area (Å²) in [4.78, 5) is 12.9. The average molecular weight is 434 g/mol. The van der Waals surface area contributed by atoms with Gasteiger partial charge in [-0.2, -0.15) is 0 Å². The topological polar surface area (TPSA) is 47.6 Å². The molecule has 1 amide bonds. The Labute approximate surface area is 170 Å². The van der Waals surface area contributed by atoms with E-state index in [4.69, 9.17) is 9.47 Å². The van der Waals surface area contributed by atoms with Gasteiger partial charge in [-0.15, -0.1) is 0 Å². The molecule has 0 radical (unpaired) electrons. The highest BCUT2D eigenvalue weighted by molar-refractivity contribution is 9.10. The Balaban J connectivity index is 2.14. The molecular weight excluding hydrogens is 406 g/mol. The van der Waals surface area contributed by atoms with Crippen LogP contribution in [0.5, 0.6) is 11.5 Å². The maximum absolute atomic E-state index is 12.9. The van der Waals surface area contributed by atoms with Gasteiger partial charge in [-0.25, -0.2) is 0 Å². The molecular formula is C22H28BrNO3. The molecule has 0 saturated heterocycles. The van der Waals surface area contributed by atoms with Gasteiger partial charge in [-0.3, -0.25) is 4.79 Å². The summed E-state index contributed by atoms with van der Waals surface area (Å²) >= 11 is 3.44. The van der Waals surface area contributed by atoms with Crippen LogP contribution in [0.4, 0.5) is 5.69 Å². The zero-order valence-electron chi connectivity index (χ0n) is 16.3. The Hall–Kier alpha value is -2.01. The van der Waals surface area contributed by atoms with Crippen molar-refractivity contribution in [3.63, 3.8) is 0 Å². The number of anilines is 1. The molecule has 2 aromatic carbocycles. The summed E-state index contributed by atoms with van der Waals surface area (Å²) in [5.74, 6) is 1.59. The summed E-state index contributed by atoms with van der Waals surface area (Å²) in [6.07, 6.45) is 2.97. The van der Waals surface area contributed by atoms with Crippen LogP contribution in [0.1, 0.15) is 50.4 Å². The summed E-state index contributed by atoms with van der Waals surface area (Å²) in [7, 11) is 0. The van der Waals surface area contributed by atoms with Crippen LogP contribution in [-0.4, -0.2) is 19.1 Å². The van der Waals surface area contributed by atoms with Gasteiger partial charge >= 0.3 is 0 Å². The molecule has 0 aliphatic rings. The molecule has 0 unspecified atom stereocenters. The van der Waals surface area contributed by atoms with Crippen molar-refractivity contribution < 1.29 is 14.3 Å². The third-order valence-corrected chi connectivity index (χ3v) is 4.52. The number of hydrogen-bond acceptors (Lipinski definition) is 3. The highest BCUT2D eigenvalue weighted by Gasteiger charge is 2.16. The normalized spacial score (nSPS) is 10.7. The molecule has 0 aliphatic heterocycles. The summed E-state index contributed by atoms with van der Waals surface area (Å²) in [6.45, 7) is 7.62. The van der Waals surface area contributed by atoms with Gasteiger partial charge in [0.1, 0.15) is 11.5 Å². The first-order chi connectivity index (χ1) is 13.0. The van der Waals surface area contributed by atoms with Crippen molar-refractivity contribution >= 4 is 27.5 Å². The smallest absolute Gasteiger partial charge is 0.259 e. The van der Waals surface area contributed by atoms with Crippen molar-refractivity contribution in [2.45, 2.75) is 40.0 Å². The molecule has 2 aromatic rings. The molecule has 5 heteroatoms. The molecule has 27 heavy (non-hydrogen) atoms. The molecule has 0 saturated carbocycles. The summed E-state index contributed by atoms with van der Waals surface area (Å²) in [6, 6.07) is 13.0. The molecule has 0 fully saturated rings. The first-order valence-corrected chi connectivity index (χ1v) is 10.3. The predicted octanol–water partition coefficient (Wildman–Crippen LogP) is 6.31. The maximum Gasteiger partial charge on any atom is 0.259 e. The van der Waals surface area contributed by atoms with Crippen molar-refractivity contribution in [2.24, 2.45) is 5.92 Å². The van der Waals surface area contributed by atoms with E-state index in [9.17, 15) is 4.79 Å². The molecule has 0 aromatic heterocycles. The molecule has 0 bridgehead atoms. The number of halogens is 1. The van der Waals surface area contributed by atoms with Gasteiger partial charge in [-0.05, 0) is 49.1 Å². The lowest BCUT2D eigenvalue weighted by Gasteiger charge is -2.15. The van der Waals surface area contributed by atoms with Gasteiger partial charge in [0.15, 0.2) is 0 Å². The van der Waals surface area contributed by atoms with Crippen molar-refractivity contribution in [2.75, 3.05) is 18.5 Å². The third kappa shape index (κ3) is 6.90. The van der Waals surface area contributed by atoms with Crippen LogP contribution in [0.2, 0.25) is 0 Å². The number of rotatable bonds is 10. The number of carbonyl (C=O) groups excluding carboxylic acids is 1. The summed E-state index contributed by atoms with van der Waals surface area (Å²) in [5.41, 5.74) is 1.16. The van der Waals surface area contributed by atoms with Crippen LogP contribution < -0.4 is 14.8 Å². The largest absolute Gasteiger partial charge is 0.493 e. The first kappa shape index (κ1) is 21.3. The van der Waals surface area contributed by atoms with Crippen molar-refractivity contribution in [3.8, 4) is 11.5 Å². The van der Waals surface area contributed by atoms with Crippen LogP contribution in [0, 0.1) is 5.92 Å². The lowest BCUT2D eigenvalue weighted by molar-refractivity contribution is 0.102. The van der Waals surface area contributed by atoms with Gasteiger partial charge in [0.25, 0.3) is 5.91 Å². The molecule has 0 spiro atoms. The second-order valence-electron chi connectivity index (χ2n) is 6.82. The second kappa shape index (κ2) is 11.0. The lowest BCUT2D eigenvalue weighted by atomic mass is 10.1. The van der Waals surface area contributed by atoms with E-state index < -0.39 is 0 Å². The van der Waals surface area contributed by atoms with Gasteiger partial charge < -0.3 is 14.8 Å². The van der Waals surface area contributed by atoms with Crippen molar-refractivity contribution in [1.82, 2.24) is 0 Å². The Kier molecular flexibility index (Phi) is 8.65. The number of hydrogen-bond donors (Lipinski definition) is 1. The van der Waals surface area contributed by atoms with E-state index in [1.54, 1.807) is 6.07 Å². The van der Waals surface area contributed by atoms with E-state index in [1.165, 1.54) is 0 Å². The number of para-hydroxylation sites is 2. The minimum absolute atomic E-state index is 0.220. The van der Waals surface area contributed by atoms with Crippen LogP contribution in [0.15, 0.2) is 46.9 Å². The molecule has 2 rings (SSSR count). The number of nitrogens with one attached hydrogen (secondary N) is 1. The molecule has 146 valence electrons. The van der Waals surface area contributed by atoms with Crippen molar-refractivity contribution in [3.05, 3.63) is 52.5 Å². The standard InChI is InChI=1S/C22H28BrNO3/c1-4-5-13-26-21-9-7-6-8-19(21)24-22(25)18-15-17(23)10-11-20(18)27-14-12-16(2)3/h6-11,15-16H,4-5,12-14H2,1-3H3,(H,24,25). The molecule has 4 nitrogen and oxygen atoms in total. The Morgan fingerprint density at radius 1 is 1.07 bits per heavy atom. The van der Waals surface area contributed by atoms with Crippen LogP contribution in [0.3, 0.4) is 0 Å². The fraction of sp³-hybridized carbons (Fsp3) is 0.409. The van der Waals surface area contributed by atoms with E-state index in [0.29, 0.717) is 41.9 Å². The lowest BCUT2D eigenvalue weighted by Crippen LogP contribution is -2.15. The highest BCUT2D eigenvalue weighted by Crippen LogP contribution is 2.28. The van der Waals surface area contributed by atoms with E-state index in [1.807, 2.05) is 36.4 Å². The van der Waals surface area contributed by atoms with Crippen LogP contribution >= 0.6 is 15.9 Å². The summed E-state index contributed by atoms with van der Waals surface area (Å²) < 4.78 is 12.5. The Bertz CT molecular complexity index is 746. The SMILES string of the molecule is CCCCOc1ccccc1NC(=O)c1cc(Br)ccc1OCCC(C)C. The summed E-state index contributed by atoms with van der Waals surface area (Å²) in [5, 5.41) is 2.96. The zero-order chi connectivity index (χ0) is 19.6. The second-order valence-corrected chi connectivity index (χ2v) is 7.74. The molecule has 1 N–H and O–H groups in total. The van der Waals surface area contributed by atoms with Gasteiger partial charge in [0, 0.05) is 4.47 Å². The van der Waals surface area contributed by atoms with E-state index in [0.717, 1.165) is 23.7 Å². The number of amides is 1. The van der Waals surface area contributed by atoms with Gasteiger partial charge in [0.2, 0.25) is 0 Å². The Morgan fingerprint density at radius 2 is 1.81 bits per heavy atom. The maximum atomic E-state index is 12.9. The van der Waals surface area contributed by atoms with Crippen molar-refractivity contribution in [1.29, 1.82) is 0 Å². The molecule has 0 atom stereocenters. The first-order valence-electron chi connectivity index (χ1n) is 9.46. The number of carbonyl (C=O) groups is 1. The molecule has 0 heterocycles. The minimum atomic E-state index is -0.220.